The predicted molar refractivity (Wildman–Crippen MR) is 119 cm³/mol. The number of hydrogen-bond donors (Lipinski definition) is 3. The Bertz CT molecular complexity index is 888. The Morgan fingerprint density at radius 1 is 1.34 bits per heavy atom. The van der Waals surface area contributed by atoms with Crippen molar-refractivity contribution in [2.24, 2.45) is 0 Å². The molecule has 3 rings (SSSR count). The zero-order valence-corrected chi connectivity index (χ0v) is 18.9. The van der Waals surface area contributed by atoms with Crippen LogP contribution in [-0.4, -0.2) is 80.3 Å². The molecule has 0 bridgehead atoms. The average molecular weight is 444 g/mol. The fourth-order valence-electron chi connectivity index (χ4n) is 4.24. The molecular weight excluding hydrogens is 410 g/mol. The van der Waals surface area contributed by atoms with Crippen molar-refractivity contribution >= 4 is 12.0 Å². The lowest BCUT2D eigenvalue weighted by molar-refractivity contribution is 0.0558. The van der Waals surface area contributed by atoms with Crippen LogP contribution in [0.3, 0.4) is 0 Å². The molecule has 0 aliphatic carbocycles. The number of nitrogens with zero attached hydrogens (tertiary/aromatic N) is 5. The maximum Gasteiger partial charge on any atom is 0.407 e. The number of aromatic amines is 1. The van der Waals surface area contributed by atoms with Gasteiger partial charge in [0.2, 0.25) is 0 Å². The number of carbonyl (C=O) groups excluding carboxylic acids is 1. The van der Waals surface area contributed by atoms with Gasteiger partial charge in [-0.2, -0.15) is 0 Å². The third-order valence-electron chi connectivity index (χ3n) is 5.92. The first-order valence-electron chi connectivity index (χ1n) is 11.3. The molecule has 2 aromatic rings. The van der Waals surface area contributed by atoms with Crippen LogP contribution in [0.4, 0.5) is 4.79 Å². The first-order valence-corrected chi connectivity index (χ1v) is 11.3. The smallest absolute Gasteiger partial charge is 0.407 e. The summed E-state index contributed by atoms with van der Waals surface area (Å²) < 4.78 is 0. The summed E-state index contributed by atoms with van der Waals surface area (Å²) in [5.41, 5.74) is 2.71. The second-order valence-electron chi connectivity index (χ2n) is 8.25. The molecule has 2 amide bonds. The van der Waals surface area contributed by atoms with E-state index >= 15 is 0 Å². The van der Waals surface area contributed by atoms with Gasteiger partial charge in [-0.15, -0.1) is 5.10 Å². The molecule has 1 aliphatic rings. The number of piperidine rings is 1. The highest BCUT2D eigenvalue weighted by Gasteiger charge is 2.31. The minimum Gasteiger partial charge on any atom is -0.465 e. The molecule has 0 spiro atoms. The zero-order chi connectivity index (χ0) is 22.9. The molecule has 0 radical (unpaired) electrons. The molecular formula is C22H33N7O3. The van der Waals surface area contributed by atoms with Crippen LogP contribution in [0.2, 0.25) is 0 Å². The lowest BCUT2D eigenvalue weighted by Crippen LogP contribution is -2.51. The summed E-state index contributed by atoms with van der Waals surface area (Å²) >= 11 is 0. The highest BCUT2D eigenvalue weighted by molar-refractivity contribution is 5.96. The minimum absolute atomic E-state index is 0.0442. The number of carbonyl (C=O) groups is 2. The molecule has 32 heavy (non-hydrogen) atoms. The SMILES string of the molecule is CCCCN(C(=O)O)C1CCCN(C(=O)c2ccc(CNC)cc2CCc2nnn[nH]2)C1. The van der Waals surface area contributed by atoms with Gasteiger partial charge in [0.25, 0.3) is 5.91 Å². The van der Waals surface area contributed by atoms with E-state index in [0.717, 1.165) is 36.8 Å². The van der Waals surface area contributed by atoms with E-state index in [9.17, 15) is 14.7 Å². The summed E-state index contributed by atoms with van der Waals surface area (Å²) in [6, 6.07) is 5.75. The Labute approximate surface area is 188 Å². The van der Waals surface area contributed by atoms with Crippen LogP contribution >= 0.6 is 0 Å². The molecule has 1 aliphatic heterocycles. The van der Waals surface area contributed by atoms with Crippen molar-refractivity contribution in [1.82, 2.24) is 35.7 Å². The van der Waals surface area contributed by atoms with Crippen molar-refractivity contribution < 1.29 is 14.7 Å². The van der Waals surface area contributed by atoms with Crippen LogP contribution in [0.15, 0.2) is 18.2 Å². The Hall–Kier alpha value is -3.01. The first-order chi connectivity index (χ1) is 15.5. The van der Waals surface area contributed by atoms with E-state index < -0.39 is 6.09 Å². The third kappa shape index (κ3) is 6.03. The zero-order valence-electron chi connectivity index (χ0n) is 18.9. The summed E-state index contributed by atoms with van der Waals surface area (Å²) in [4.78, 5) is 28.6. The van der Waals surface area contributed by atoms with Crippen LogP contribution in [0.5, 0.6) is 0 Å². The van der Waals surface area contributed by atoms with Gasteiger partial charge >= 0.3 is 6.09 Å². The van der Waals surface area contributed by atoms with Crippen molar-refractivity contribution in [3.63, 3.8) is 0 Å². The van der Waals surface area contributed by atoms with Crippen LogP contribution < -0.4 is 5.32 Å². The number of aryl methyl sites for hydroxylation is 2. The lowest BCUT2D eigenvalue weighted by atomic mass is 9.97. The van der Waals surface area contributed by atoms with Gasteiger partial charge in [0, 0.05) is 38.2 Å². The first kappa shape index (κ1) is 23.6. The number of hydrogen-bond acceptors (Lipinski definition) is 6. The molecule has 1 saturated heterocycles. The predicted octanol–water partition coefficient (Wildman–Crippen LogP) is 2.09. The van der Waals surface area contributed by atoms with Gasteiger partial charge in [-0.1, -0.05) is 25.5 Å². The van der Waals surface area contributed by atoms with Gasteiger partial charge in [-0.05, 0) is 60.4 Å². The molecule has 174 valence electrons. The fourth-order valence-corrected chi connectivity index (χ4v) is 4.24. The molecule has 1 fully saturated rings. The molecule has 1 aromatic heterocycles. The van der Waals surface area contributed by atoms with Crippen molar-refractivity contribution in [1.29, 1.82) is 0 Å². The second kappa shape index (κ2) is 11.6. The monoisotopic (exact) mass is 443 g/mol. The summed E-state index contributed by atoms with van der Waals surface area (Å²) in [5, 5.41) is 26.8. The van der Waals surface area contributed by atoms with Gasteiger partial charge in [0.15, 0.2) is 0 Å². The summed E-state index contributed by atoms with van der Waals surface area (Å²) in [6.07, 6.45) is 3.66. The Morgan fingerprint density at radius 3 is 2.88 bits per heavy atom. The maximum atomic E-state index is 13.5. The van der Waals surface area contributed by atoms with Gasteiger partial charge in [-0.3, -0.25) is 4.79 Å². The number of H-pyrrole nitrogens is 1. The van der Waals surface area contributed by atoms with Crippen LogP contribution in [0.1, 0.15) is 59.9 Å². The van der Waals surface area contributed by atoms with Crippen molar-refractivity contribution in [3.8, 4) is 0 Å². The molecule has 3 N–H and O–H groups in total. The van der Waals surface area contributed by atoms with Gasteiger partial charge < -0.3 is 20.2 Å². The highest BCUT2D eigenvalue weighted by atomic mass is 16.4. The van der Waals surface area contributed by atoms with E-state index in [0.29, 0.717) is 50.4 Å². The number of likely N-dealkylation sites (tertiary alicyclic amines) is 1. The number of aromatic nitrogens is 4. The maximum absolute atomic E-state index is 13.5. The summed E-state index contributed by atoms with van der Waals surface area (Å²) in [7, 11) is 1.89. The molecule has 0 saturated carbocycles. The number of unbranched alkanes of at least 4 members (excludes halogenated alkanes) is 1. The van der Waals surface area contributed by atoms with Gasteiger partial charge in [0.05, 0.1) is 6.04 Å². The van der Waals surface area contributed by atoms with E-state index in [-0.39, 0.29) is 11.9 Å². The van der Waals surface area contributed by atoms with Gasteiger partial charge in [-0.25, -0.2) is 9.89 Å². The Morgan fingerprint density at radius 2 is 2.19 bits per heavy atom. The van der Waals surface area contributed by atoms with Crippen LogP contribution in [0, 0.1) is 0 Å². The Kier molecular flexibility index (Phi) is 8.55. The fraction of sp³-hybridized carbons (Fsp3) is 0.591. The van der Waals surface area contributed by atoms with E-state index in [1.54, 1.807) is 0 Å². The average Bonchev–Trinajstić information content (AvgIpc) is 3.32. The van der Waals surface area contributed by atoms with Crippen LogP contribution in [-0.2, 0) is 19.4 Å². The molecule has 1 aromatic carbocycles. The molecule has 10 nitrogen and oxygen atoms in total. The quantitative estimate of drug-likeness (QED) is 0.513. The molecule has 2 heterocycles. The van der Waals surface area contributed by atoms with E-state index in [1.807, 2.05) is 31.0 Å². The third-order valence-corrected chi connectivity index (χ3v) is 5.92. The Balaban J connectivity index is 1.77. The molecule has 1 unspecified atom stereocenters. The van der Waals surface area contributed by atoms with E-state index in [4.69, 9.17) is 0 Å². The van der Waals surface area contributed by atoms with Crippen LogP contribution in [0.25, 0.3) is 0 Å². The molecule has 1 atom stereocenters. The largest absolute Gasteiger partial charge is 0.465 e. The molecule has 10 heteroatoms. The second-order valence-corrected chi connectivity index (χ2v) is 8.25. The summed E-state index contributed by atoms with van der Waals surface area (Å²) in [6.45, 7) is 4.33. The number of benzene rings is 1. The summed E-state index contributed by atoms with van der Waals surface area (Å²) in [5.74, 6) is 0.630. The topological polar surface area (TPSA) is 127 Å². The minimum atomic E-state index is -0.907. The number of rotatable bonds is 10. The van der Waals surface area contributed by atoms with E-state index in [2.05, 4.69) is 32.0 Å². The normalized spacial score (nSPS) is 16.2. The number of amides is 2. The highest BCUT2D eigenvalue weighted by Crippen LogP contribution is 2.22. The number of nitrogens with one attached hydrogen (secondary N) is 2. The van der Waals surface area contributed by atoms with Crippen molar-refractivity contribution in [2.45, 2.75) is 58.0 Å². The van der Waals surface area contributed by atoms with E-state index in [1.165, 1.54) is 4.90 Å². The van der Waals surface area contributed by atoms with Gasteiger partial charge in [0.1, 0.15) is 5.82 Å². The number of tetrazole rings is 1. The standard InChI is InChI=1S/C22H33N7O3/c1-3-4-12-29(22(31)32)18-6-5-11-28(15-18)21(30)19-9-7-16(14-23-2)13-17(19)8-10-20-24-26-27-25-20/h7,9,13,18,23H,3-6,8,10-12,14-15H2,1-2H3,(H,31,32)(H,24,25,26,27). The lowest BCUT2D eigenvalue weighted by Gasteiger charge is -2.38. The van der Waals surface area contributed by atoms with Crippen molar-refractivity contribution in [3.05, 3.63) is 40.7 Å². The van der Waals surface area contributed by atoms with Crippen molar-refractivity contribution in [2.75, 3.05) is 26.7 Å². The number of carboxylic acid groups (broad SMARTS) is 1.